The van der Waals surface area contributed by atoms with Crippen LogP contribution in [0.5, 0.6) is 11.5 Å². The maximum atomic E-state index is 12.8. The standard InChI is InChI=1S/C27H22N2O7/c30-24(28-19-7-9-22-23(15-19)35-13-12-34-22)16-36-27(33)18-6-8-20-21(14-18)26(32)29(25(20)31)11-10-17-4-2-1-3-5-17/h1-9,14-15H,10-13,16H2,(H,28,30). The summed E-state index contributed by atoms with van der Waals surface area (Å²) in [6, 6.07) is 18.7. The lowest BCUT2D eigenvalue weighted by Gasteiger charge is -2.19. The molecule has 0 saturated carbocycles. The number of carbonyl (C=O) groups excluding carboxylic acids is 4. The average Bonchev–Trinajstić information content (AvgIpc) is 3.15. The van der Waals surface area contributed by atoms with Crippen molar-refractivity contribution >= 4 is 29.4 Å². The van der Waals surface area contributed by atoms with Crippen LogP contribution in [0.3, 0.4) is 0 Å². The van der Waals surface area contributed by atoms with Crippen LogP contribution in [0.25, 0.3) is 0 Å². The number of benzene rings is 3. The van der Waals surface area contributed by atoms with Crippen molar-refractivity contribution in [2.75, 3.05) is 31.7 Å². The number of anilines is 1. The van der Waals surface area contributed by atoms with Gasteiger partial charge in [0.1, 0.15) is 13.2 Å². The molecule has 2 heterocycles. The molecule has 0 spiro atoms. The summed E-state index contributed by atoms with van der Waals surface area (Å²) in [7, 11) is 0. The zero-order chi connectivity index (χ0) is 25.1. The van der Waals surface area contributed by atoms with Gasteiger partial charge >= 0.3 is 5.97 Å². The molecule has 1 N–H and O–H groups in total. The first-order chi connectivity index (χ1) is 17.5. The van der Waals surface area contributed by atoms with Crippen LogP contribution in [0.4, 0.5) is 5.69 Å². The predicted octanol–water partition coefficient (Wildman–Crippen LogP) is 3.09. The number of nitrogens with zero attached hydrogens (tertiary/aromatic N) is 1. The first kappa shape index (κ1) is 23.1. The maximum absolute atomic E-state index is 12.8. The Balaban J connectivity index is 1.18. The Kier molecular flexibility index (Phi) is 6.36. The molecule has 0 atom stereocenters. The minimum atomic E-state index is -0.780. The Morgan fingerprint density at radius 3 is 2.42 bits per heavy atom. The summed E-state index contributed by atoms with van der Waals surface area (Å²) in [6.45, 7) is 0.584. The van der Waals surface area contributed by atoms with Gasteiger partial charge in [0, 0.05) is 18.3 Å². The monoisotopic (exact) mass is 486 g/mol. The highest BCUT2D eigenvalue weighted by atomic mass is 16.6. The fourth-order valence-corrected chi connectivity index (χ4v) is 4.04. The lowest BCUT2D eigenvalue weighted by Crippen LogP contribution is -2.31. The number of esters is 1. The number of amides is 3. The fourth-order valence-electron chi connectivity index (χ4n) is 4.04. The average molecular weight is 486 g/mol. The van der Waals surface area contributed by atoms with Crippen molar-refractivity contribution in [3.05, 3.63) is 89.0 Å². The van der Waals surface area contributed by atoms with Crippen LogP contribution in [-0.2, 0) is 16.0 Å². The minimum Gasteiger partial charge on any atom is -0.486 e. The van der Waals surface area contributed by atoms with Crippen molar-refractivity contribution in [1.82, 2.24) is 4.90 Å². The normalized spacial score (nSPS) is 13.8. The quantitative estimate of drug-likeness (QED) is 0.404. The van der Waals surface area contributed by atoms with Crippen LogP contribution in [0.15, 0.2) is 66.7 Å². The van der Waals surface area contributed by atoms with Gasteiger partial charge in [-0.15, -0.1) is 0 Å². The second-order valence-electron chi connectivity index (χ2n) is 8.24. The first-order valence-electron chi connectivity index (χ1n) is 11.4. The van der Waals surface area contributed by atoms with Gasteiger partial charge in [-0.1, -0.05) is 30.3 Å². The number of hydrogen-bond donors (Lipinski definition) is 1. The van der Waals surface area contributed by atoms with E-state index in [1.165, 1.54) is 23.1 Å². The highest BCUT2D eigenvalue weighted by Gasteiger charge is 2.35. The van der Waals surface area contributed by atoms with E-state index in [2.05, 4.69) is 5.32 Å². The summed E-state index contributed by atoms with van der Waals surface area (Å²) in [6.07, 6.45) is 0.527. The number of carbonyl (C=O) groups is 4. The van der Waals surface area contributed by atoms with Crippen molar-refractivity contribution in [3.63, 3.8) is 0 Å². The number of rotatable bonds is 7. The molecular formula is C27H22N2O7. The fraction of sp³-hybridized carbons (Fsp3) is 0.185. The van der Waals surface area contributed by atoms with Gasteiger partial charge in [-0.2, -0.15) is 0 Å². The summed E-state index contributed by atoms with van der Waals surface area (Å²) in [5.74, 6) is -1.07. The van der Waals surface area contributed by atoms with Crippen LogP contribution in [0.1, 0.15) is 36.6 Å². The van der Waals surface area contributed by atoms with Gasteiger partial charge in [0.2, 0.25) is 0 Å². The highest BCUT2D eigenvalue weighted by Crippen LogP contribution is 2.32. The molecule has 0 fully saturated rings. The van der Waals surface area contributed by atoms with E-state index >= 15 is 0 Å². The van der Waals surface area contributed by atoms with Crippen molar-refractivity contribution in [2.24, 2.45) is 0 Å². The van der Waals surface area contributed by atoms with Crippen LogP contribution >= 0.6 is 0 Å². The Hall–Kier alpha value is -4.66. The molecule has 0 unspecified atom stereocenters. The molecule has 36 heavy (non-hydrogen) atoms. The smallest absolute Gasteiger partial charge is 0.338 e. The topological polar surface area (TPSA) is 111 Å². The lowest BCUT2D eigenvalue weighted by molar-refractivity contribution is -0.119. The molecule has 0 radical (unpaired) electrons. The zero-order valence-electron chi connectivity index (χ0n) is 19.2. The van der Waals surface area contributed by atoms with E-state index in [1.807, 2.05) is 30.3 Å². The Labute approximate surface area is 206 Å². The molecule has 0 bridgehead atoms. The Morgan fingerprint density at radius 2 is 1.61 bits per heavy atom. The summed E-state index contributed by atoms with van der Waals surface area (Å²) < 4.78 is 16.0. The van der Waals surface area contributed by atoms with E-state index < -0.39 is 30.3 Å². The number of ether oxygens (including phenoxy) is 3. The van der Waals surface area contributed by atoms with Crippen LogP contribution in [0, 0.1) is 0 Å². The number of imide groups is 1. The van der Waals surface area contributed by atoms with Gasteiger partial charge in [0.15, 0.2) is 18.1 Å². The largest absolute Gasteiger partial charge is 0.486 e. The zero-order valence-corrected chi connectivity index (χ0v) is 19.2. The van der Waals surface area contributed by atoms with Crippen molar-refractivity contribution in [3.8, 4) is 11.5 Å². The van der Waals surface area contributed by atoms with E-state index in [0.717, 1.165) is 5.56 Å². The molecule has 0 saturated heterocycles. The third-order valence-corrected chi connectivity index (χ3v) is 5.83. The third kappa shape index (κ3) is 4.76. The van der Waals surface area contributed by atoms with Gasteiger partial charge in [-0.3, -0.25) is 19.3 Å². The molecular weight excluding hydrogens is 464 g/mol. The number of nitrogens with one attached hydrogen (secondary N) is 1. The van der Waals surface area contributed by atoms with E-state index in [1.54, 1.807) is 18.2 Å². The second kappa shape index (κ2) is 9.91. The van der Waals surface area contributed by atoms with Crippen LogP contribution < -0.4 is 14.8 Å². The minimum absolute atomic E-state index is 0.0759. The summed E-state index contributed by atoms with van der Waals surface area (Å²) in [5.41, 5.74) is 1.93. The summed E-state index contributed by atoms with van der Waals surface area (Å²) in [5, 5.41) is 2.63. The predicted molar refractivity (Wildman–Crippen MR) is 128 cm³/mol. The second-order valence-corrected chi connectivity index (χ2v) is 8.24. The van der Waals surface area contributed by atoms with Crippen molar-refractivity contribution in [1.29, 1.82) is 0 Å². The van der Waals surface area contributed by atoms with E-state index in [0.29, 0.717) is 36.8 Å². The van der Waals surface area contributed by atoms with E-state index in [9.17, 15) is 19.2 Å². The molecule has 0 aromatic heterocycles. The molecule has 2 aliphatic heterocycles. The highest BCUT2D eigenvalue weighted by molar-refractivity contribution is 6.22. The third-order valence-electron chi connectivity index (χ3n) is 5.83. The van der Waals surface area contributed by atoms with Gasteiger partial charge in [-0.05, 0) is 42.3 Å². The molecule has 5 rings (SSSR count). The molecule has 3 amide bonds. The molecule has 3 aromatic carbocycles. The molecule has 3 aromatic rings. The van der Waals surface area contributed by atoms with Gasteiger partial charge in [0.25, 0.3) is 17.7 Å². The number of fused-ring (bicyclic) bond motifs is 2. The first-order valence-corrected chi connectivity index (χ1v) is 11.4. The van der Waals surface area contributed by atoms with Gasteiger partial charge in [-0.25, -0.2) is 4.79 Å². The summed E-state index contributed by atoms with van der Waals surface area (Å²) in [4.78, 5) is 51.5. The lowest BCUT2D eigenvalue weighted by atomic mass is 10.1. The van der Waals surface area contributed by atoms with Gasteiger partial charge in [0.05, 0.1) is 16.7 Å². The Morgan fingerprint density at radius 1 is 0.861 bits per heavy atom. The maximum Gasteiger partial charge on any atom is 0.338 e. The number of hydrogen-bond acceptors (Lipinski definition) is 7. The van der Waals surface area contributed by atoms with E-state index in [-0.39, 0.29) is 23.2 Å². The Bertz CT molecular complexity index is 1350. The summed E-state index contributed by atoms with van der Waals surface area (Å²) >= 11 is 0. The van der Waals surface area contributed by atoms with Crippen LogP contribution in [0.2, 0.25) is 0 Å². The molecule has 2 aliphatic rings. The van der Waals surface area contributed by atoms with Crippen molar-refractivity contribution in [2.45, 2.75) is 6.42 Å². The molecule has 0 aliphatic carbocycles. The van der Waals surface area contributed by atoms with Crippen LogP contribution in [-0.4, -0.2) is 55.0 Å². The van der Waals surface area contributed by atoms with Gasteiger partial charge < -0.3 is 19.5 Å². The molecule has 182 valence electrons. The SMILES string of the molecule is O=C(COC(=O)c1ccc2c(c1)C(=O)N(CCc1ccccc1)C2=O)Nc1ccc2c(c1)OCCO2. The molecule has 9 nitrogen and oxygen atoms in total. The molecule has 9 heteroatoms. The van der Waals surface area contributed by atoms with E-state index in [4.69, 9.17) is 14.2 Å². The van der Waals surface area contributed by atoms with Crippen molar-refractivity contribution < 1.29 is 33.4 Å².